The van der Waals surface area contributed by atoms with Crippen molar-refractivity contribution in [3.05, 3.63) is 4.85 Å². The number of terminal acetylenes is 1. The molecule has 0 aromatic heterocycles. The molecular formula is C16H26NO2+. The van der Waals surface area contributed by atoms with E-state index in [4.69, 9.17) is 22.5 Å². The van der Waals surface area contributed by atoms with Gasteiger partial charge in [-0.2, -0.15) is 0 Å². The van der Waals surface area contributed by atoms with Gasteiger partial charge in [-0.15, -0.1) is 12.3 Å². The molecule has 3 heteroatoms. The highest BCUT2D eigenvalue weighted by Crippen LogP contribution is 2.46. The molecule has 0 bridgehead atoms. The topological polar surface area (TPSA) is 22.8 Å². The summed E-state index contributed by atoms with van der Waals surface area (Å²) in [7, 11) is 1.64. The van der Waals surface area contributed by atoms with E-state index in [2.05, 4.69) is 31.5 Å². The summed E-state index contributed by atoms with van der Waals surface area (Å²) in [6.07, 6.45) is 5.41. The van der Waals surface area contributed by atoms with Crippen LogP contribution < -0.4 is 0 Å². The fourth-order valence-electron chi connectivity index (χ4n) is 2.83. The first kappa shape index (κ1) is 16.0. The van der Waals surface area contributed by atoms with Gasteiger partial charge in [-0.1, -0.05) is 20.8 Å². The molecule has 4 atom stereocenters. The minimum absolute atomic E-state index is 0.0912. The number of ether oxygens (including phenoxy) is 2. The van der Waals surface area contributed by atoms with E-state index < -0.39 is 5.72 Å². The summed E-state index contributed by atoms with van der Waals surface area (Å²) in [5.41, 5.74) is -1.10. The second kappa shape index (κ2) is 5.53. The molecule has 1 aliphatic rings. The summed E-state index contributed by atoms with van der Waals surface area (Å²) in [6, 6.07) is 0. The Labute approximate surface area is 117 Å². The second-order valence-electron chi connectivity index (χ2n) is 6.34. The maximum atomic E-state index is 5.98. The number of methoxy groups -OCH3 is 1. The van der Waals surface area contributed by atoms with E-state index in [0.717, 1.165) is 0 Å². The van der Waals surface area contributed by atoms with E-state index in [1.807, 2.05) is 13.8 Å². The molecule has 19 heavy (non-hydrogen) atoms. The normalized spacial score (nSPS) is 32.9. The highest BCUT2D eigenvalue weighted by Gasteiger charge is 2.66. The number of hydrogen-bond acceptors (Lipinski definition) is 2. The highest BCUT2D eigenvalue weighted by atomic mass is 16.6. The summed E-state index contributed by atoms with van der Waals surface area (Å²) < 4.78 is 11.7. The number of rotatable bonds is 4. The summed E-state index contributed by atoms with van der Waals surface area (Å²) in [5.74, 6) is 3.44. The standard InChI is InChI=1S/C16H26NO2/c1-9-15(5,6)12(4)14-16(17-7,18-8)13(10-19-14)11(2)3/h1,7,11-14H,10H2,2-6,8H3/q+1. The van der Waals surface area contributed by atoms with E-state index in [1.54, 1.807) is 7.11 Å². The van der Waals surface area contributed by atoms with E-state index in [-0.39, 0.29) is 23.4 Å². The lowest BCUT2D eigenvalue weighted by molar-refractivity contribution is -0.0895. The molecule has 1 saturated heterocycles. The largest absolute Gasteiger partial charge is 0.415 e. The third-order valence-electron chi connectivity index (χ3n) is 4.69. The molecular weight excluding hydrogens is 238 g/mol. The zero-order valence-corrected chi connectivity index (χ0v) is 12.9. The first-order valence-corrected chi connectivity index (χ1v) is 6.83. The Kier molecular flexibility index (Phi) is 4.67. The van der Waals surface area contributed by atoms with Crippen LogP contribution in [0.1, 0.15) is 34.6 Å². The van der Waals surface area contributed by atoms with Gasteiger partial charge in [0.1, 0.15) is 0 Å². The predicted molar refractivity (Wildman–Crippen MR) is 77.9 cm³/mol. The Bertz CT molecular complexity index is 402. The van der Waals surface area contributed by atoms with Gasteiger partial charge in [0.05, 0.1) is 12.5 Å². The maximum absolute atomic E-state index is 5.98. The Morgan fingerprint density at radius 2 is 2.00 bits per heavy atom. The Morgan fingerprint density at radius 3 is 2.37 bits per heavy atom. The molecule has 0 amide bonds. The lowest BCUT2D eigenvalue weighted by Gasteiger charge is -2.34. The van der Waals surface area contributed by atoms with Crippen LogP contribution in [0.4, 0.5) is 0 Å². The van der Waals surface area contributed by atoms with Crippen molar-refractivity contribution < 1.29 is 9.47 Å². The van der Waals surface area contributed by atoms with Crippen LogP contribution in [0.2, 0.25) is 0 Å². The van der Waals surface area contributed by atoms with E-state index in [0.29, 0.717) is 12.5 Å². The number of nitrogens with zero attached hydrogens (tertiary/aromatic N) is 1. The Balaban J connectivity index is 3.17. The van der Waals surface area contributed by atoms with Gasteiger partial charge >= 0.3 is 5.72 Å². The van der Waals surface area contributed by atoms with Gasteiger partial charge in [0, 0.05) is 18.4 Å². The summed E-state index contributed by atoms with van der Waals surface area (Å²) in [5, 5.41) is 0. The zero-order chi connectivity index (χ0) is 14.8. The summed E-state index contributed by atoms with van der Waals surface area (Å²) >= 11 is 0. The van der Waals surface area contributed by atoms with Crippen LogP contribution in [0, 0.1) is 42.1 Å². The molecule has 4 unspecified atom stereocenters. The monoisotopic (exact) mass is 264 g/mol. The molecule has 1 aliphatic heterocycles. The zero-order valence-electron chi connectivity index (χ0n) is 12.9. The molecule has 3 nitrogen and oxygen atoms in total. The average Bonchev–Trinajstić information content (AvgIpc) is 2.77. The quantitative estimate of drug-likeness (QED) is 0.727. The van der Waals surface area contributed by atoms with Crippen LogP contribution in [0.5, 0.6) is 0 Å². The van der Waals surface area contributed by atoms with Crippen molar-refractivity contribution in [1.29, 1.82) is 0 Å². The van der Waals surface area contributed by atoms with Crippen LogP contribution in [0.25, 0.3) is 4.85 Å². The van der Waals surface area contributed by atoms with E-state index >= 15 is 0 Å². The second-order valence-corrected chi connectivity index (χ2v) is 6.34. The average molecular weight is 264 g/mol. The molecule has 1 rings (SSSR count). The summed E-state index contributed by atoms with van der Waals surface area (Å²) in [6.45, 7) is 16.7. The molecule has 106 valence electrons. The Hall–Kier alpha value is -1.03. The summed E-state index contributed by atoms with van der Waals surface area (Å²) in [4.78, 5) is 4.07. The van der Waals surface area contributed by atoms with Crippen molar-refractivity contribution in [2.24, 2.45) is 23.2 Å². The van der Waals surface area contributed by atoms with Gasteiger partial charge in [0.2, 0.25) is 0 Å². The molecule has 1 heterocycles. The van der Waals surface area contributed by atoms with Crippen molar-refractivity contribution in [2.75, 3.05) is 13.7 Å². The molecule has 0 spiro atoms. The molecule has 0 aliphatic carbocycles. The van der Waals surface area contributed by atoms with Crippen LogP contribution in [-0.4, -0.2) is 25.5 Å². The Morgan fingerprint density at radius 1 is 1.42 bits per heavy atom. The van der Waals surface area contributed by atoms with Gasteiger partial charge in [-0.3, -0.25) is 0 Å². The maximum Gasteiger partial charge on any atom is 0.415 e. The first-order valence-electron chi connectivity index (χ1n) is 6.83. The molecule has 0 N–H and O–H groups in total. The first-order chi connectivity index (χ1) is 8.76. The van der Waals surface area contributed by atoms with E-state index in [9.17, 15) is 0 Å². The minimum atomic E-state index is -0.804. The van der Waals surface area contributed by atoms with Crippen LogP contribution >= 0.6 is 0 Å². The van der Waals surface area contributed by atoms with Crippen LogP contribution in [-0.2, 0) is 9.47 Å². The lowest BCUT2D eigenvalue weighted by Crippen LogP contribution is -2.50. The third kappa shape index (κ3) is 2.50. The number of hydrogen-bond donors (Lipinski definition) is 0. The SMILES string of the molecule is C#CC(C)(C)C(C)C1OCC(C(C)C)C1([N+]#C)OC. The van der Waals surface area contributed by atoms with Gasteiger partial charge in [0.25, 0.3) is 6.57 Å². The van der Waals surface area contributed by atoms with Gasteiger partial charge in [0.15, 0.2) is 6.10 Å². The molecule has 0 aromatic rings. The third-order valence-corrected chi connectivity index (χ3v) is 4.69. The van der Waals surface area contributed by atoms with Gasteiger partial charge in [-0.25, -0.2) is 0 Å². The minimum Gasteiger partial charge on any atom is -0.366 e. The van der Waals surface area contributed by atoms with Crippen LogP contribution in [0.15, 0.2) is 0 Å². The van der Waals surface area contributed by atoms with Crippen molar-refractivity contribution >= 4 is 0 Å². The lowest BCUT2D eigenvalue weighted by atomic mass is 9.72. The van der Waals surface area contributed by atoms with Gasteiger partial charge in [-0.05, 0) is 24.6 Å². The molecule has 0 aromatic carbocycles. The van der Waals surface area contributed by atoms with Crippen molar-refractivity contribution in [1.82, 2.24) is 0 Å². The predicted octanol–water partition coefficient (Wildman–Crippen LogP) is 3.26. The molecule has 0 radical (unpaired) electrons. The van der Waals surface area contributed by atoms with Crippen LogP contribution in [0.3, 0.4) is 0 Å². The fraction of sp³-hybridized carbons (Fsp3) is 0.812. The fourth-order valence-corrected chi connectivity index (χ4v) is 2.83. The molecule has 0 saturated carbocycles. The van der Waals surface area contributed by atoms with Crippen molar-refractivity contribution in [2.45, 2.75) is 46.4 Å². The highest BCUT2D eigenvalue weighted by molar-refractivity contribution is 5.14. The molecule has 1 fully saturated rings. The van der Waals surface area contributed by atoms with Crippen molar-refractivity contribution in [3.8, 4) is 18.9 Å². The van der Waals surface area contributed by atoms with Gasteiger partial charge < -0.3 is 9.47 Å². The van der Waals surface area contributed by atoms with E-state index in [1.165, 1.54) is 0 Å². The van der Waals surface area contributed by atoms with Crippen molar-refractivity contribution in [3.63, 3.8) is 0 Å². The smallest absolute Gasteiger partial charge is 0.366 e.